The van der Waals surface area contributed by atoms with Crippen LogP contribution in [0.5, 0.6) is 0 Å². The summed E-state index contributed by atoms with van der Waals surface area (Å²) in [7, 11) is 0. The summed E-state index contributed by atoms with van der Waals surface area (Å²) in [5, 5.41) is 1.24. The summed E-state index contributed by atoms with van der Waals surface area (Å²) in [4.78, 5) is 7.16. The molecule has 1 aromatic carbocycles. The van der Waals surface area contributed by atoms with Crippen molar-refractivity contribution in [3.8, 4) is 0 Å². The molecule has 0 spiro atoms. The minimum atomic E-state index is 0.861. The summed E-state index contributed by atoms with van der Waals surface area (Å²) in [5.74, 6) is 0.985. The Labute approximate surface area is 114 Å². The fourth-order valence-electron chi connectivity index (χ4n) is 3.97. The van der Waals surface area contributed by atoms with Crippen LogP contribution in [0.2, 0.25) is 0 Å². The highest BCUT2D eigenvalue weighted by atomic mass is 15.2. The number of benzene rings is 1. The van der Waals surface area contributed by atoms with Crippen LogP contribution in [-0.2, 0) is 6.54 Å². The molecule has 2 nitrogen and oxygen atoms in total. The van der Waals surface area contributed by atoms with E-state index in [1.807, 2.05) is 12.3 Å². The Kier molecular flexibility index (Phi) is 2.77. The number of pyridine rings is 1. The van der Waals surface area contributed by atoms with Crippen LogP contribution >= 0.6 is 0 Å². The van der Waals surface area contributed by atoms with Crippen LogP contribution in [0.25, 0.3) is 10.9 Å². The molecule has 2 atom stereocenters. The number of fused-ring (bicyclic) bond motifs is 2. The highest BCUT2D eigenvalue weighted by molar-refractivity contribution is 5.78. The average Bonchev–Trinajstić information content (AvgIpc) is 3.04. The monoisotopic (exact) mass is 252 g/mol. The first-order valence-electron chi connectivity index (χ1n) is 7.48. The summed E-state index contributed by atoms with van der Waals surface area (Å²) < 4.78 is 0. The van der Waals surface area contributed by atoms with Crippen LogP contribution in [0.1, 0.15) is 31.2 Å². The molecule has 2 heterocycles. The summed E-state index contributed by atoms with van der Waals surface area (Å²) in [5.41, 5.74) is 2.54. The first kappa shape index (κ1) is 11.4. The van der Waals surface area contributed by atoms with Crippen molar-refractivity contribution in [2.75, 3.05) is 6.54 Å². The molecule has 4 rings (SSSR count). The number of hydrogen-bond acceptors (Lipinski definition) is 2. The Hall–Kier alpha value is -1.41. The van der Waals surface area contributed by atoms with Crippen LogP contribution in [-0.4, -0.2) is 22.5 Å². The van der Waals surface area contributed by atoms with Crippen molar-refractivity contribution in [2.45, 2.75) is 38.3 Å². The van der Waals surface area contributed by atoms with E-state index in [9.17, 15) is 0 Å². The molecule has 1 aliphatic heterocycles. The largest absolute Gasteiger partial charge is 0.296 e. The molecule has 0 radical (unpaired) electrons. The van der Waals surface area contributed by atoms with Crippen LogP contribution in [0.4, 0.5) is 0 Å². The lowest BCUT2D eigenvalue weighted by Crippen LogP contribution is -2.29. The van der Waals surface area contributed by atoms with Crippen LogP contribution in [0, 0.1) is 5.92 Å². The van der Waals surface area contributed by atoms with Crippen molar-refractivity contribution in [3.63, 3.8) is 0 Å². The molecule has 0 amide bonds. The van der Waals surface area contributed by atoms with Crippen molar-refractivity contribution < 1.29 is 0 Å². The highest BCUT2D eigenvalue weighted by Crippen LogP contribution is 2.38. The van der Waals surface area contributed by atoms with E-state index in [0.29, 0.717) is 0 Å². The number of rotatable bonds is 2. The topological polar surface area (TPSA) is 16.1 Å². The lowest BCUT2D eigenvalue weighted by molar-refractivity contribution is 0.233. The third kappa shape index (κ3) is 2.04. The van der Waals surface area contributed by atoms with E-state index in [0.717, 1.165) is 24.0 Å². The van der Waals surface area contributed by atoms with Gasteiger partial charge in [-0.05, 0) is 49.4 Å². The highest BCUT2D eigenvalue weighted by Gasteiger charge is 2.36. The minimum Gasteiger partial charge on any atom is -0.296 e. The van der Waals surface area contributed by atoms with Crippen molar-refractivity contribution in [2.24, 2.45) is 5.92 Å². The van der Waals surface area contributed by atoms with Gasteiger partial charge >= 0.3 is 0 Å². The average molecular weight is 252 g/mol. The molecule has 0 bridgehead atoms. The van der Waals surface area contributed by atoms with Gasteiger partial charge in [-0.2, -0.15) is 0 Å². The summed E-state index contributed by atoms with van der Waals surface area (Å²) in [6.45, 7) is 2.39. The molecule has 1 saturated carbocycles. The maximum Gasteiger partial charge on any atom is 0.0705 e. The lowest BCUT2D eigenvalue weighted by Gasteiger charge is -2.23. The van der Waals surface area contributed by atoms with Crippen LogP contribution < -0.4 is 0 Å². The number of nitrogens with zero attached hydrogens (tertiary/aromatic N) is 2. The standard InChI is InChI=1S/C17H20N2/c1-3-15-8-10-19(17(15)5-1)12-13-6-7-14-4-2-9-18-16(14)11-13/h2,4,6-7,9,11,15,17H,1,3,5,8,10,12H2/t15-,17-/m1/s1. The van der Waals surface area contributed by atoms with Gasteiger partial charge in [-0.15, -0.1) is 0 Å². The molecule has 1 aliphatic carbocycles. The van der Waals surface area contributed by atoms with E-state index in [-0.39, 0.29) is 0 Å². The van der Waals surface area contributed by atoms with Crippen molar-refractivity contribution in [1.82, 2.24) is 9.88 Å². The molecule has 0 unspecified atom stereocenters. The minimum absolute atomic E-state index is 0.861. The van der Waals surface area contributed by atoms with Gasteiger partial charge in [-0.3, -0.25) is 9.88 Å². The second-order valence-corrected chi connectivity index (χ2v) is 6.05. The molecular weight excluding hydrogens is 232 g/mol. The Balaban J connectivity index is 1.58. The molecule has 2 fully saturated rings. The Bertz CT molecular complexity index is 593. The molecule has 2 aliphatic rings. The first-order chi connectivity index (χ1) is 9.40. The van der Waals surface area contributed by atoms with Gasteiger partial charge < -0.3 is 0 Å². The summed E-state index contributed by atoms with van der Waals surface area (Å²) in [6, 6.07) is 11.7. The second kappa shape index (κ2) is 4.61. The number of aromatic nitrogens is 1. The van der Waals surface area contributed by atoms with Crippen molar-refractivity contribution in [1.29, 1.82) is 0 Å². The third-order valence-electron chi connectivity index (χ3n) is 4.93. The van der Waals surface area contributed by atoms with Crippen LogP contribution in [0.15, 0.2) is 36.5 Å². The Morgan fingerprint density at radius 3 is 3.16 bits per heavy atom. The zero-order valence-corrected chi connectivity index (χ0v) is 11.3. The molecule has 2 aromatic rings. The second-order valence-electron chi connectivity index (χ2n) is 6.05. The van der Waals surface area contributed by atoms with E-state index in [4.69, 9.17) is 0 Å². The molecular formula is C17H20N2. The Morgan fingerprint density at radius 2 is 2.16 bits per heavy atom. The van der Waals surface area contributed by atoms with Gasteiger partial charge in [-0.25, -0.2) is 0 Å². The smallest absolute Gasteiger partial charge is 0.0705 e. The van der Waals surface area contributed by atoms with Gasteiger partial charge in [0.2, 0.25) is 0 Å². The van der Waals surface area contributed by atoms with E-state index >= 15 is 0 Å². The fourth-order valence-corrected chi connectivity index (χ4v) is 3.97. The van der Waals surface area contributed by atoms with Gasteiger partial charge in [0.25, 0.3) is 0 Å². The maximum atomic E-state index is 4.46. The molecule has 1 aromatic heterocycles. The quantitative estimate of drug-likeness (QED) is 0.811. The molecule has 2 heteroatoms. The van der Waals surface area contributed by atoms with E-state index in [1.165, 1.54) is 43.2 Å². The van der Waals surface area contributed by atoms with Crippen molar-refractivity contribution in [3.05, 3.63) is 42.1 Å². The van der Waals surface area contributed by atoms with Gasteiger partial charge in [0.15, 0.2) is 0 Å². The van der Waals surface area contributed by atoms with Crippen LogP contribution in [0.3, 0.4) is 0 Å². The zero-order chi connectivity index (χ0) is 12.7. The predicted octanol–water partition coefficient (Wildman–Crippen LogP) is 3.61. The first-order valence-corrected chi connectivity index (χ1v) is 7.48. The number of hydrogen-bond donors (Lipinski definition) is 0. The third-order valence-corrected chi connectivity index (χ3v) is 4.93. The van der Waals surface area contributed by atoms with Gasteiger partial charge in [-0.1, -0.05) is 24.6 Å². The lowest BCUT2D eigenvalue weighted by atomic mass is 10.0. The van der Waals surface area contributed by atoms with Gasteiger partial charge in [0.1, 0.15) is 0 Å². The fraction of sp³-hybridized carbons (Fsp3) is 0.471. The van der Waals surface area contributed by atoms with E-state index in [1.54, 1.807) is 0 Å². The summed E-state index contributed by atoms with van der Waals surface area (Å²) >= 11 is 0. The van der Waals surface area contributed by atoms with Gasteiger partial charge in [0.05, 0.1) is 5.52 Å². The van der Waals surface area contributed by atoms with Crippen molar-refractivity contribution >= 4 is 10.9 Å². The number of likely N-dealkylation sites (tertiary alicyclic amines) is 1. The normalized spacial score (nSPS) is 26.9. The summed E-state index contributed by atoms with van der Waals surface area (Å²) in [6.07, 6.45) is 7.60. The predicted molar refractivity (Wildman–Crippen MR) is 77.9 cm³/mol. The molecule has 98 valence electrons. The zero-order valence-electron chi connectivity index (χ0n) is 11.3. The molecule has 19 heavy (non-hydrogen) atoms. The molecule has 0 N–H and O–H groups in total. The Morgan fingerprint density at radius 1 is 1.16 bits per heavy atom. The SMILES string of the molecule is c1cnc2cc(CN3CC[C@H]4CCC[C@H]43)ccc2c1. The van der Waals surface area contributed by atoms with E-state index < -0.39 is 0 Å². The van der Waals surface area contributed by atoms with E-state index in [2.05, 4.69) is 34.1 Å². The van der Waals surface area contributed by atoms with Gasteiger partial charge in [0, 0.05) is 24.2 Å². The molecule has 1 saturated heterocycles. The maximum absolute atomic E-state index is 4.46.